The molecule has 26 heavy (non-hydrogen) atoms. The summed E-state index contributed by atoms with van der Waals surface area (Å²) in [5.41, 5.74) is 5.85. The number of rotatable bonds is 6. The van der Waals surface area contributed by atoms with Crippen LogP contribution in [0.5, 0.6) is 5.75 Å². The quantitative estimate of drug-likeness (QED) is 0.655. The van der Waals surface area contributed by atoms with Crippen LogP contribution in [0.25, 0.3) is 5.57 Å². The average Bonchev–Trinajstić information content (AvgIpc) is 2.68. The number of hydrogen-bond acceptors (Lipinski definition) is 2. The van der Waals surface area contributed by atoms with Crippen LogP contribution in [0.15, 0.2) is 91.1 Å². The number of allylic oxidation sites excluding steroid dienone is 3. The summed E-state index contributed by atoms with van der Waals surface area (Å²) in [6, 6.07) is 16.6. The van der Waals surface area contributed by atoms with Gasteiger partial charge in [0.15, 0.2) is 0 Å². The minimum absolute atomic E-state index is 0.0789. The number of aryl methyl sites for hydroxylation is 1. The first-order valence-corrected chi connectivity index (χ1v) is 8.92. The lowest BCUT2D eigenvalue weighted by Gasteiger charge is -2.27. The summed E-state index contributed by atoms with van der Waals surface area (Å²) in [4.78, 5) is 0. The van der Waals surface area contributed by atoms with E-state index in [4.69, 9.17) is 4.74 Å². The van der Waals surface area contributed by atoms with Crippen molar-refractivity contribution in [3.8, 4) is 5.75 Å². The fraction of sp³-hybridized carbons (Fsp3) is 0.167. The van der Waals surface area contributed by atoms with E-state index >= 15 is 0 Å². The maximum Gasteiger partial charge on any atom is 0.119 e. The van der Waals surface area contributed by atoms with E-state index in [0.29, 0.717) is 6.61 Å². The summed E-state index contributed by atoms with van der Waals surface area (Å²) in [6.45, 7) is 8.59. The topological polar surface area (TPSA) is 21.3 Å². The van der Waals surface area contributed by atoms with Gasteiger partial charge in [0.05, 0.1) is 6.04 Å². The molecule has 2 aromatic carbocycles. The van der Waals surface area contributed by atoms with Gasteiger partial charge in [0.25, 0.3) is 0 Å². The summed E-state index contributed by atoms with van der Waals surface area (Å²) in [5, 5.41) is 3.59. The second-order valence-electron chi connectivity index (χ2n) is 6.36. The first-order valence-electron chi connectivity index (χ1n) is 8.92. The summed E-state index contributed by atoms with van der Waals surface area (Å²) in [5.74, 6) is 0.887. The third-order valence-corrected chi connectivity index (χ3v) is 4.44. The lowest BCUT2D eigenvalue weighted by molar-refractivity contribution is 0.369. The molecule has 1 unspecified atom stereocenters. The maximum atomic E-state index is 6.04. The highest BCUT2D eigenvalue weighted by molar-refractivity contribution is 5.81. The molecule has 0 saturated heterocycles. The van der Waals surface area contributed by atoms with E-state index in [9.17, 15) is 0 Å². The number of nitrogens with one attached hydrogen (secondary N) is 1. The number of hydrogen-bond donors (Lipinski definition) is 1. The van der Waals surface area contributed by atoms with E-state index in [1.165, 1.54) is 16.7 Å². The second-order valence-corrected chi connectivity index (χ2v) is 6.36. The van der Waals surface area contributed by atoms with Gasteiger partial charge in [0, 0.05) is 11.3 Å². The van der Waals surface area contributed by atoms with Crippen LogP contribution in [0.1, 0.15) is 18.1 Å². The molecule has 0 saturated carbocycles. The highest BCUT2D eigenvalue weighted by atomic mass is 16.5. The molecule has 0 fully saturated rings. The molecule has 1 heterocycles. The molecule has 1 N–H and O–H groups in total. The van der Waals surface area contributed by atoms with E-state index in [0.717, 1.165) is 17.0 Å². The standard InChI is InChI=1S/C24H25NO/c1-4-6-9-19(5-2)24-16-20(22-10-7-8-11-23(22)25-24)17-26-21-14-12-18(3)13-15-21/h4-16,24-25H,2,17H2,1,3H3/b6-4-,19-9+. The molecule has 1 aliphatic heterocycles. The third kappa shape index (κ3) is 4.15. The summed E-state index contributed by atoms with van der Waals surface area (Å²) >= 11 is 0. The van der Waals surface area contributed by atoms with Crippen molar-refractivity contribution >= 4 is 11.3 Å². The van der Waals surface area contributed by atoms with Gasteiger partial charge in [-0.05, 0) is 43.2 Å². The summed E-state index contributed by atoms with van der Waals surface area (Å²) in [6.07, 6.45) is 10.3. The van der Waals surface area contributed by atoms with Crippen molar-refractivity contribution in [3.05, 3.63) is 102 Å². The van der Waals surface area contributed by atoms with Crippen molar-refractivity contribution in [1.29, 1.82) is 0 Å². The van der Waals surface area contributed by atoms with Crippen LogP contribution in [0.4, 0.5) is 5.69 Å². The van der Waals surface area contributed by atoms with Crippen molar-refractivity contribution in [2.75, 3.05) is 11.9 Å². The molecule has 0 aromatic heterocycles. The van der Waals surface area contributed by atoms with Crippen LogP contribution >= 0.6 is 0 Å². The van der Waals surface area contributed by atoms with Gasteiger partial charge in [-0.2, -0.15) is 0 Å². The zero-order valence-corrected chi connectivity index (χ0v) is 15.4. The lowest BCUT2D eigenvalue weighted by atomic mass is 9.93. The molecule has 1 aliphatic rings. The van der Waals surface area contributed by atoms with Gasteiger partial charge in [-0.25, -0.2) is 0 Å². The van der Waals surface area contributed by atoms with Crippen LogP contribution < -0.4 is 10.1 Å². The van der Waals surface area contributed by atoms with Gasteiger partial charge in [-0.1, -0.05) is 72.9 Å². The van der Waals surface area contributed by atoms with E-state index < -0.39 is 0 Å². The highest BCUT2D eigenvalue weighted by Gasteiger charge is 2.20. The summed E-state index contributed by atoms with van der Waals surface area (Å²) < 4.78 is 6.04. The Balaban J connectivity index is 1.88. The van der Waals surface area contributed by atoms with Gasteiger partial charge < -0.3 is 10.1 Å². The Morgan fingerprint density at radius 1 is 1.15 bits per heavy atom. The minimum Gasteiger partial charge on any atom is -0.489 e. The molecule has 0 spiro atoms. The molecule has 2 heteroatoms. The van der Waals surface area contributed by atoms with E-state index in [1.807, 2.05) is 37.3 Å². The average molecular weight is 343 g/mol. The zero-order valence-electron chi connectivity index (χ0n) is 15.4. The molecule has 2 aromatic rings. The Bertz CT molecular complexity index is 856. The molecule has 132 valence electrons. The number of fused-ring (bicyclic) bond motifs is 1. The fourth-order valence-electron chi connectivity index (χ4n) is 3.00. The Morgan fingerprint density at radius 3 is 2.65 bits per heavy atom. The summed E-state index contributed by atoms with van der Waals surface area (Å²) in [7, 11) is 0. The molecule has 0 aliphatic carbocycles. The van der Waals surface area contributed by atoms with E-state index in [-0.39, 0.29) is 6.04 Å². The SMILES string of the molecule is C=C/C(=C\C=C/C)C1C=C(COc2ccc(C)cc2)c2ccccc2N1. The van der Waals surface area contributed by atoms with Crippen LogP contribution in [0, 0.1) is 6.92 Å². The molecule has 1 atom stereocenters. The van der Waals surface area contributed by atoms with Gasteiger partial charge in [-0.3, -0.25) is 0 Å². The monoisotopic (exact) mass is 343 g/mol. The van der Waals surface area contributed by atoms with Gasteiger partial charge in [0.2, 0.25) is 0 Å². The zero-order chi connectivity index (χ0) is 18.4. The molecular weight excluding hydrogens is 318 g/mol. The van der Waals surface area contributed by atoms with E-state index in [2.05, 4.69) is 67.4 Å². The predicted molar refractivity (Wildman–Crippen MR) is 112 cm³/mol. The van der Waals surface area contributed by atoms with Crippen molar-refractivity contribution in [2.24, 2.45) is 0 Å². The molecule has 0 bridgehead atoms. The van der Waals surface area contributed by atoms with Gasteiger partial charge in [0.1, 0.15) is 12.4 Å². The molecule has 0 amide bonds. The van der Waals surface area contributed by atoms with Crippen LogP contribution in [0.2, 0.25) is 0 Å². The first-order chi connectivity index (χ1) is 12.7. The van der Waals surface area contributed by atoms with Crippen molar-refractivity contribution in [3.63, 3.8) is 0 Å². The number of benzene rings is 2. The normalized spacial score (nSPS) is 16.6. The van der Waals surface area contributed by atoms with E-state index in [1.54, 1.807) is 0 Å². The maximum absolute atomic E-state index is 6.04. The number of ether oxygens (including phenoxy) is 1. The van der Waals surface area contributed by atoms with Crippen LogP contribution in [-0.2, 0) is 0 Å². The van der Waals surface area contributed by atoms with Crippen molar-refractivity contribution < 1.29 is 4.74 Å². The number of anilines is 1. The molecule has 0 radical (unpaired) electrons. The second kappa shape index (κ2) is 8.39. The van der Waals surface area contributed by atoms with Crippen LogP contribution in [-0.4, -0.2) is 12.6 Å². The predicted octanol–water partition coefficient (Wildman–Crippen LogP) is 5.94. The van der Waals surface area contributed by atoms with Crippen molar-refractivity contribution in [1.82, 2.24) is 0 Å². The van der Waals surface area contributed by atoms with Crippen molar-refractivity contribution in [2.45, 2.75) is 19.9 Å². The molecule has 3 rings (SSSR count). The fourth-order valence-corrected chi connectivity index (χ4v) is 3.00. The third-order valence-electron chi connectivity index (χ3n) is 4.44. The Morgan fingerprint density at radius 2 is 1.92 bits per heavy atom. The Labute approximate surface area is 156 Å². The highest BCUT2D eigenvalue weighted by Crippen LogP contribution is 2.32. The minimum atomic E-state index is 0.0789. The smallest absolute Gasteiger partial charge is 0.119 e. The molecule has 2 nitrogen and oxygen atoms in total. The Hall–Kier alpha value is -3.00. The Kier molecular flexibility index (Phi) is 5.75. The van der Waals surface area contributed by atoms with Gasteiger partial charge in [-0.15, -0.1) is 0 Å². The van der Waals surface area contributed by atoms with Crippen LogP contribution in [0.3, 0.4) is 0 Å². The molecular formula is C24H25NO. The number of para-hydroxylation sites is 1. The largest absolute Gasteiger partial charge is 0.489 e. The van der Waals surface area contributed by atoms with Gasteiger partial charge >= 0.3 is 0 Å². The lowest BCUT2D eigenvalue weighted by Crippen LogP contribution is -2.24. The first kappa shape index (κ1) is 17.8.